The molecule has 0 spiro atoms. The van der Waals surface area contributed by atoms with E-state index in [9.17, 15) is 13.2 Å². The molecule has 0 bridgehead atoms. The molecule has 1 fully saturated rings. The maximum absolute atomic E-state index is 13.0. The number of aromatic nitrogens is 2. The smallest absolute Gasteiger partial charge is 0.230 e. The number of rotatable bonds is 8. The average Bonchev–Trinajstić information content (AvgIpc) is 3.27. The van der Waals surface area contributed by atoms with Gasteiger partial charge in [0.15, 0.2) is 4.34 Å². The summed E-state index contributed by atoms with van der Waals surface area (Å²) >= 11 is 14.9. The van der Waals surface area contributed by atoms with Gasteiger partial charge in [-0.15, -0.1) is 10.2 Å². The minimum atomic E-state index is -3.64. The molecule has 34 heavy (non-hydrogen) atoms. The van der Waals surface area contributed by atoms with Crippen molar-refractivity contribution >= 4 is 67.4 Å². The predicted molar refractivity (Wildman–Crippen MR) is 138 cm³/mol. The number of carbonyl (C=O) groups is 1. The first kappa shape index (κ1) is 25.4. The quantitative estimate of drug-likeness (QED) is 0.298. The molecule has 0 unspecified atom stereocenters. The van der Waals surface area contributed by atoms with Gasteiger partial charge in [-0.2, -0.15) is 0 Å². The van der Waals surface area contributed by atoms with Crippen LogP contribution in [0.3, 0.4) is 0 Å². The Morgan fingerprint density at radius 3 is 2.74 bits per heavy atom. The third kappa shape index (κ3) is 6.71. The minimum absolute atomic E-state index is 0.119. The van der Waals surface area contributed by atoms with E-state index in [1.165, 1.54) is 27.3 Å². The van der Waals surface area contributed by atoms with E-state index in [0.29, 0.717) is 40.1 Å². The zero-order valence-electron chi connectivity index (χ0n) is 18.0. The van der Waals surface area contributed by atoms with Crippen LogP contribution in [0.1, 0.15) is 24.0 Å². The zero-order chi connectivity index (χ0) is 24.1. The average molecular weight is 558 g/mol. The fourth-order valence-corrected chi connectivity index (χ4v) is 7.49. The molecule has 1 aromatic heterocycles. The predicted octanol–water partition coefficient (Wildman–Crippen LogP) is 5.32. The lowest BCUT2D eigenvalue weighted by atomic mass is 9.99. The third-order valence-corrected chi connectivity index (χ3v) is 9.77. The van der Waals surface area contributed by atoms with Crippen LogP contribution >= 0.6 is 46.3 Å². The maximum atomic E-state index is 13.0. The monoisotopic (exact) mass is 556 g/mol. The van der Waals surface area contributed by atoms with Crippen LogP contribution in [0.25, 0.3) is 0 Å². The van der Waals surface area contributed by atoms with Crippen LogP contribution in [0.15, 0.2) is 52.9 Å². The molecule has 1 N–H and O–H groups in total. The number of carbonyl (C=O) groups excluding carboxylic acids is 1. The van der Waals surface area contributed by atoms with Crippen LogP contribution in [0.4, 0.5) is 5.13 Å². The van der Waals surface area contributed by atoms with Gasteiger partial charge in [0, 0.05) is 28.9 Å². The van der Waals surface area contributed by atoms with Crippen LogP contribution in [0.2, 0.25) is 10.0 Å². The number of benzene rings is 2. The number of halogens is 2. The maximum Gasteiger partial charge on any atom is 0.230 e. The summed E-state index contributed by atoms with van der Waals surface area (Å²) in [6, 6.07) is 14.8. The standard InChI is InChI=1S/C22H22Cl2N4O3S3/c23-18-9-8-17(19(24)11-18)14-34(30,31)28-10-4-7-16(12-28)20(29)25-21-26-27-22(33-21)32-13-15-5-2-1-3-6-15/h1-3,5-6,8-9,11,16H,4,7,10,12-14H2,(H,25,26,29)/t16-/m1/s1. The number of sulfonamides is 1. The molecule has 0 radical (unpaired) electrons. The molecule has 2 heterocycles. The largest absolute Gasteiger partial charge is 0.300 e. The fourth-order valence-electron chi connectivity index (χ4n) is 3.58. The van der Waals surface area contributed by atoms with Crippen molar-refractivity contribution < 1.29 is 13.2 Å². The molecule has 0 saturated carbocycles. The summed E-state index contributed by atoms with van der Waals surface area (Å²) < 4.78 is 28.1. The molecule has 7 nitrogen and oxygen atoms in total. The lowest BCUT2D eigenvalue weighted by Crippen LogP contribution is -2.44. The summed E-state index contributed by atoms with van der Waals surface area (Å²) in [7, 11) is -3.64. The van der Waals surface area contributed by atoms with Gasteiger partial charge >= 0.3 is 0 Å². The number of piperidine rings is 1. The van der Waals surface area contributed by atoms with Gasteiger partial charge in [-0.05, 0) is 36.1 Å². The summed E-state index contributed by atoms with van der Waals surface area (Å²) in [6.45, 7) is 0.490. The SMILES string of the molecule is O=C(Nc1nnc(SCc2ccccc2)s1)[C@@H]1CCCN(S(=O)(=O)Cc2ccc(Cl)cc2Cl)C1. The van der Waals surface area contributed by atoms with Gasteiger partial charge < -0.3 is 5.32 Å². The van der Waals surface area contributed by atoms with E-state index in [1.807, 2.05) is 30.3 Å². The number of amides is 1. The van der Waals surface area contributed by atoms with Crippen molar-refractivity contribution in [2.45, 2.75) is 28.7 Å². The second-order valence-corrected chi connectivity index (χ2v) is 12.8. The molecule has 1 aliphatic heterocycles. The fraction of sp³-hybridized carbons (Fsp3) is 0.318. The van der Waals surface area contributed by atoms with Crippen LogP contribution in [0.5, 0.6) is 0 Å². The Morgan fingerprint density at radius 1 is 1.18 bits per heavy atom. The Labute approximate surface area is 216 Å². The van der Waals surface area contributed by atoms with Crippen molar-refractivity contribution in [1.29, 1.82) is 0 Å². The van der Waals surface area contributed by atoms with E-state index in [1.54, 1.807) is 23.9 Å². The van der Waals surface area contributed by atoms with Crippen LogP contribution in [-0.4, -0.2) is 41.9 Å². The van der Waals surface area contributed by atoms with Crippen molar-refractivity contribution in [3.63, 3.8) is 0 Å². The van der Waals surface area contributed by atoms with Crippen molar-refractivity contribution in [1.82, 2.24) is 14.5 Å². The summed E-state index contributed by atoms with van der Waals surface area (Å²) in [5.41, 5.74) is 1.66. The zero-order valence-corrected chi connectivity index (χ0v) is 21.9. The summed E-state index contributed by atoms with van der Waals surface area (Å²) in [6.07, 6.45) is 1.20. The normalized spacial score (nSPS) is 16.9. The van der Waals surface area contributed by atoms with Crippen molar-refractivity contribution in [2.75, 3.05) is 18.4 Å². The molecular weight excluding hydrogens is 535 g/mol. The van der Waals surface area contributed by atoms with E-state index in [0.717, 1.165) is 10.1 Å². The van der Waals surface area contributed by atoms with E-state index < -0.39 is 15.9 Å². The second-order valence-electron chi connectivity index (χ2n) is 7.83. The number of hydrogen-bond donors (Lipinski definition) is 1. The van der Waals surface area contributed by atoms with Gasteiger partial charge in [-0.1, -0.05) is 82.7 Å². The molecule has 1 aliphatic rings. The molecule has 1 amide bonds. The Bertz CT molecular complexity index is 1260. The number of thioether (sulfide) groups is 1. The topological polar surface area (TPSA) is 92.3 Å². The number of hydrogen-bond acceptors (Lipinski definition) is 7. The van der Waals surface area contributed by atoms with Crippen LogP contribution in [0, 0.1) is 5.92 Å². The molecule has 12 heteroatoms. The van der Waals surface area contributed by atoms with Crippen LogP contribution in [-0.2, 0) is 26.3 Å². The van der Waals surface area contributed by atoms with Gasteiger partial charge in [-0.25, -0.2) is 12.7 Å². The molecule has 180 valence electrons. The highest BCUT2D eigenvalue weighted by Crippen LogP contribution is 2.30. The highest BCUT2D eigenvalue weighted by atomic mass is 35.5. The first-order valence-corrected chi connectivity index (χ1v) is 14.7. The first-order valence-electron chi connectivity index (χ1n) is 10.5. The van der Waals surface area contributed by atoms with E-state index in [2.05, 4.69) is 15.5 Å². The third-order valence-electron chi connectivity index (χ3n) is 5.34. The summed E-state index contributed by atoms with van der Waals surface area (Å²) in [5.74, 6) is -0.194. The van der Waals surface area contributed by atoms with Crippen LogP contribution < -0.4 is 5.32 Å². The molecule has 4 rings (SSSR count). The van der Waals surface area contributed by atoms with Crippen molar-refractivity contribution in [3.8, 4) is 0 Å². The number of nitrogens with one attached hydrogen (secondary N) is 1. The lowest BCUT2D eigenvalue weighted by molar-refractivity contribution is -0.120. The van der Waals surface area contributed by atoms with Gasteiger partial charge in [0.2, 0.25) is 21.1 Å². The molecular formula is C22H22Cl2N4O3S3. The van der Waals surface area contributed by atoms with E-state index in [4.69, 9.17) is 23.2 Å². The second kappa shape index (κ2) is 11.4. The first-order chi connectivity index (χ1) is 16.3. The molecule has 1 atom stereocenters. The molecule has 0 aliphatic carbocycles. The minimum Gasteiger partial charge on any atom is -0.300 e. The van der Waals surface area contributed by atoms with Gasteiger partial charge in [-0.3, -0.25) is 4.79 Å². The highest BCUT2D eigenvalue weighted by Gasteiger charge is 2.33. The van der Waals surface area contributed by atoms with Crippen molar-refractivity contribution in [3.05, 3.63) is 69.7 Å². The summed E-state index contributed by atoms with van der Waals surface area (Å²) in [4.78, 5) is 12.8. The Kier molecular flexibility index (Phi) is 8.49. The number of anilines is 1. The Balaban J connectivity index is 1.34. The lowest BCUT2D eigenvalue weighted by Gasteiger charge is -2.31. The van der Waals surface area contributed by atoms with Crippen molar-refractivity contribution in [2.24, 2.45) is 5.92 Å². The highest BCUT2D eigenvalue weighted by molar-refractivity contribution is 8.00. The van der Waals surface area contributed by atoms with E-state index >= 15 is 0 Å². The molecule has 1 saturated heterocycles. The summed E-state index contributed by atoms with van der Waals surface area (Å²) in [5, 5.41) is 12.2. The van der Waals surface area contributed by atoms with Gasteiger partial charge in [0.05, 0.1) is 11.7 Å². The van der Waals surface area contributed by atoms with Gasteiger partial charge in [0.25, 0.3) is 0 Å². The molecule has 2 aromatic carbocycles. The Hall–Kier alpha value is -1.69. The Morgan fingerprint density at radius 2 is 1.97 bits per heavy atom. The van der Waals surface area contributed by atoms with Gasteiger partial charge in [0.1, 0.15) is 0 Å². The van der Waals surface area contributed by atoms with E-state index in [-0.39, 0.29) is 18.2 Å². The number of nitrogens with zero attached hydrogens (tertiary/aromatic N) is 3. The molecule has 3 aromatic rings.